The van der Waals surface area contributed by atoms with Crippen LogP contribution in [0.2, 0.25) is 5.02 Å². The Morgan fingerprint density at radius 2 is 1.93 bits per heavy atom. The minimum atomic E-state index is -3.81. The second kappa shape index (κ2) is 7.38. The average molecular weight is 466 g/mol. The van der Waals surface area contributed by atoms with Crippen molar-refractivity contribution in [3.63, 3.8) is 0 Å². The van der Waals surface area contributed by atoms with Crippen molar-refractivity contribution in [1.29, 1.82) is 0 Å². The van der Waals surface area contributed by atoms with E-state index in [0.717, 1.165) is 4.70 Å². The Hall–Kier alpha value is -2.40. The van der Waals surface area contributed by atoms with Crippen LogP contribution in [0.15, 0.2) is 41.3 Å². The number of ether oxygens (including phenoxy) is 2. The highest BCUT2D eigenvalue weighted by molar-refractivity contribution is 7.89. The summed E-state index contributed by atoms with van der Waals surface area (Å²) in [6.07, 6.45) is 1.05. The molecule has 5 rings (SSSR count). The SMILES string of the molecule is O=C(Nc1nc2cc3c(cc2s1)OCO3)C1CCCN1S(=O)(=O)c1ccc(Cl)cc1. The number of aromatic nitrogens is 1. The van der Waals surface area contributed by atoms with E-state index >= 15 is 0 Å². The fourth-order valence-corrected chi connectivity index (χ4v) is 6.25. The van der Waals surface area contributed by atoms with Crippen molar-refractivity contribution >= 4 is 54.2 Å². The number of carbonyl (C=O) groups is 1. The van der Waals surface area contributed by atoms with Crippen LogP contribution in [0.5, 0.6) is 11.5 Å². The minimum absolute atomic E-state index is 0.112. The lowest BCUT2D eigenvalue weighted by Gasteiger charge is -2.23. The van der Waals surface area contributed by atoms with Gasteiger partial charge in [-0.2, -0.15) is 4.31 Å². The van der Waals surface area contributed by atoms with Crippen molar-refractivity contribution in [2.24, 2.45) is 0 Å². The number of rotatable bonds is 4. The van der Waals surface area contributed by atoms with Gasteiger partial charge in [-0.25, -0.2) is 13.4 Å². The summed E-state index contributed by atoms with van der Waals surface area (Å²) in [6, 6.07) is 8.71. The Balaban J connectivity index is 1.37. The molecule has 2 aliphatic heterocycles. The molecule has 156 valence electrons. The molecule has 0 spiro atoms. The summed E-state index contributed by atoms with van der Waals surface area (Å²) in [5.74, 6) is 0.853. The third-order valence-electron chi connectivity index (χ3n) is 5.04. The van der Waals surface area contributed by atoms with E-state index in [9.17, 15) is 13.2 Å². The van der Waals surface area contributed by atoms with E-state index in [4.69, 9.17) is 21.1 Å². The number of nitrogens with one attached hydrogen (secondary N) is 1. The highest BCUT2D eigenvalue weighted by Crippen LogP contribution is 2.39. The van der Waals surface area contributed by atoms with E-state index in [1.807, 2.05) is 6.07 Å². The van der Waals surface area contributed by atoms with Crippen molar-refractivity contribution in [3.05, 3.63) is 41.4 Å². The van der Waals surface area contributed by atoms with Crippen LogP contribution in [0.25, 0.3) is 10.2 Å². The molecule has 0 bridgehead atoms. The van der Waals surface area contributed by atoms with E-state index in [-0.39, 0.29) is 18.2 Å². The Morgan fingerprint density at radius 3 is 2.70 bits per heavy atom. The van der Waals surface area contributed by atoms with Crippen molar-refractivity contribution in [2.45, 2.75) is 23.8 Å². The highest BCUT2D eigenvalue weighted by atomic mass is 35.5. The summed E-state index contributed by atoms with van der Waals surface area (Å²) < 4.78 is 38.9. The van der Waals surface area contributed by atoms with E-state index in [1.165, 1.54) is 39.9 Å². The Bertz CT molecular complexity index is 1200. The first kappa shape index (κ1) is 19.6. The third kappa shape index (κ3) is 3.39. The largest absolute Gasteiger partial charge is 0.454 e. The molecule has 8 nitrogen and oxygen atoms in total. The molecule has 1 amide bonds. The van der Waals surface area contributed by atoms with Gasteiger partial charge in [0.25, 0.3) is 0 Å². The Kier molecular flexibility index (Phi) is 4.81. The van der Waals surface area contributed by atoms with E-state index in [1.54, 1.807) is 6.07 Å². The number of nitrogens with zero attached hydrogens (tertiary/aromatic N) is 2. The van der Waals surface area contributed by atoms with Crippen molar-refractivity contribution < 1.29 is 22.7 Å². The number of carbonyl (C=O) groups excluding carboxylic acids is 1. The smallest absolute Gasteiger partial charge is 0.244 e. The molecule has 1 atom stereocenters. The monoisotopic (exact) mass is 465 g/mol. The number of sulfonamides is 1. The van der Waals surface area contributed by atoms with Crippen molar-refractivity contribution in [2.75, 3.05) is 18.7 Å². The zero-order valence-corrected chi connectivity index (χ0v) is 17.9. The van der Waals surface area contributed by atoms with Crippen molar-refractivity contribution in [1.82, 2.24) is 9.29 Å². The van der Waals surface area contributed by atoms with E-state index < -0.39 is 22.0 Å². The molecule has 2 aliphatic rings. The number of halogens is 1. The summed E-state index contributed by atoms with van der Waals surface area (Å²) >= 11 is 7.16. The molecule has 3 heterocycles. The fraction of sp³-hybridized carbons (Fsp3) is 0.263. The number of hydrogen-bond acceptors (Lipinski definition) is 7. The maximum atomic E-state index is 13.0. The van der Waals surface area contributed by atoms with Crippen LogP contribution in [0, 0.1) is 0 Å². The molecule has 0 saturated carbocycles. The molecule has 0 aliphatic carbocycles. The quantitative estimate of drug-likeness (QED) is 0.633. The van der Waals surface area contributed by atoms with Crippen LogP contribution in [0.3, 0.4) is 0 Å². The molecular weight excluding hydrogens is 450 g/mol. The molecule has 11 heteroatoms. The normalized spacial score (nSPS) is 18.8. The molecule has 1 aromatic heterocycles. The minimum Gasteiger partial charge on any atom is -0.454 e. The lowest BCUT2D eigenvalue weighted by molar-refractivity contribution is -0.119. The van der Waals surface area contributed by atoms with Crippen LogP contribution in [-0.2, 0) is 14.8 Å². The zero-order valence-electron chi connectivity index (χ0n) is 15.5. The van der Waals surface area contributed by atoms with Gasteiger partial charge in [0.15, 0.2) is 16.6 Å². The molecule has 30 heavy (non-hydrogen) atoms. The van der Waals surface area contributed by atoms with Crippen LogP contribution >= 0.6 is 22.9 Å². The number of anilines is 1. The first-order valence-electron chi connectivity index (χ1n) is 9.20. The molecule has 3 aromatic rings. The first-order chi connectivity index (χ1) is 14.4. The molecule has 1 saturated heterocycles. The van der Waals surface area contributed by atoms with E-state index in [0.29, 0.717) is 40.0 Å². The maximum absolute atomic E-state index is 13.0. The predicted molar refractivity (Wildman–Crippen MR) is 113 cm³/mol. The molecule has 1 N–H and O–H groups in total. The number of amides is 1. The van der Waals surface area contributed by atoms with Crippen LogP contribution < -0.4 is 14.8 Å². The number of thiazole rings is 1. The maximum Gasteiger partial charge on any atom is 0.244 e. The van der Waals surface area contributed by atoms with Gasteiger partial charge < -0.3 is 14.8 Å². The molecule has 0 radical (unpaired) electrons. The molecule has 2 aromatic carbocycles. The van der Waals surface area contributed by atoms with Crippen LogP contribution in [0.1, 0.15) is 12.8 Å². The van der Waals surface area contributed by atoms with Gasteiger partial charge in [0.05, 0.1) is 15.1 Å². The van der Waals surface area contributed by atoms with Gasteiger partial charge in [0.1, 0.15) is 6.04 Å². The second-order valence-corrected chi connectivity index (χ2v) is 10.3. The van der Waals surface area contributed by atoms with Gasteiger partial charge in [0, 0.05) is 23.7 Å². The number of hydrogen-bond donors (Lipinski definition) is 1. The van der Waals surface area contributed by atoms with Crippen LogP contribution in [0.4, 0.5) is 5.13 Å². The van der Waals surface area contributed by atoms with Gasteiger partial charge in [-0.1, -0.05) is 22.9 Å². The summed E-state index contributed by atoms with van der Waals surface area (Å²) in [5, 5.41) is 3.61. The lowest BCUT2D eigenvalue weighted by atomic mass is 10.2. The standard InChI is InChI=1S/C19H16ClN3O5S2/c20-11-3-5-12(6-4-11)30(25,26)23-7-1-2-14(23)18(24)22-19-21-13-8-15-16(28-10-27-15)9-17(13)29-19/h3-6,8-9,14H,1-2,7,10H2,(H,21,22,24). The lowest BCUT2D eigenvalue weighted by Crippen LogP contribution is -2.43. The van der Waals surface area contributed by atoms with Gasteiger partial charge >= 0.3 is 0 Å². The van der Waals surface area contributed by atoms with Gasteiger partial charge in [-0.15, -0.1) is 0 Å². The Morgan fingerprint density at radius 1 is 1.20 bits per heavy atom. The molecule has 1 fully saturated rings. The summed E-state index contributed by atoms with van der Waals surface area (Å²) in [6.45, 7) is 0.458. The zero-order chi connectivity index (χ0) is 20.9. The average Bonchev–Trinajstić information content (AvgIpc) is 3.45. The Labute approximate surface area is 181 Å². The fourth-order valence-electron chi connectivity index (χ4n) is 3.59. The number of fused-ring (bicyclic) bond motifs is 2. The third-order valence-corrected chi connectivity index (χ3v) is 8.15. The predicted octanol–water partition coefficient (Wildman–Crippen LogP) is 3.47. The van der Waals surface area contributed by atoms with Crippen molar-refractivity contribution in [3.8, 4) is 11.5 Å². The summed E-state index contributed by atoms with van der Waals surface area (Å²) in [7, 11) is -3.81. The van der Waals surface area contributed by atoms with Crippen LogP contribution in [-0.4, -0.2) is 43.0 Å². The van der Waals surface area contributed by atoms with Gasteiger partial charge in [0.2, 0.25) is 22.7 Å². The number of benzene rings is 2. The second-order valence-electron chi connectivity index (χ2n) is 6.91. The summed E-state index contributed by atoms with van der Waals surface area (Å²) in [4.78, 5) is 17.5. The summed E-state index contributed by atoms with van der Waals surface area (Å²) in [5.41, 5.74) is 0.677. The van der Waals surface area contributed by atoms with Gasteiger partial charge in [-0.3, -0.25) is 4.79 Å². The highest BCUT2D eigenvalue weighted by Gasteiger charge is 2.39. The van der Waals surface area contributed by atoms with Gasteiger partial charge in [-0.05, 0) is 37.1 Å². The topological polar surface area (TPSA) is 97.8 Å². The molecule has 1 unspecified atom stereocenters. The molecular formula is C19H16ClN3O5S2. The first-order valence-corrected chi connectivity index (χ1v) is 11.8. The van der Waals surface area contributed by atoms with E-state index in [2.05, 4.69) is 10.3 Å².